The summed E-state index contributed by atoms with van der Waals surface area (Å²) in [6, 6.07) is 7.45. The second kappa shape index (κ2) is 3.40. The van der Waals surface area contributed by atoms with Crippen LogP contribution < -0.4 is 4.65 Å². The molecule has 0 heterocycles. The van der Waals surface area contributed by atoms with E-state index in [2.05, 4.69) is 4.65 Å². The van der Waals surface area contributed by atoms with Crippen molar-refractivity contribution in [2.75, 3.05) is 0 Å². The van der Waals surface area contributed by atoms with Crippen LogP contribution in [0.4, 0.5) is 0 Å². The van der Waals surface area contributed by atoms with E-state index in [0.717, 1.165) is 0 Å². The molecule has 0 aromatic heterocycles. The molecule has 1 saturated carbocycles. The van der Waals surface area contributed by atoms with Gasteiger partial charge in [0.2, 0.25) is 0 Å². The average Bonchev–Trinajstić information content (AvgIpc) is 2.87. The zero-order valence-electron chi connectivity index (χ0n) is 7.18. The van der Waals surface area contributed by atoms with Crippen molar-refractivity contribution in [2.24, 2.45) is 0 Å². The highest BCUT2D eigenvalue weighted by Gasteiger charge is 2.23. The third-order valence-corrected chi connectivity index (χ3v) is 2.17. The Morgan fingerprint density at radius 3 is 2.23 bits per heavy atom. The molecule has 13 heavy (non-hydrogen) atoms. The molecule has 2 N–H and O–H groups in total. The van der Waals surface area contributed by atoms with Gasteiger partial charge >= 0.3 is 7.32 Å². The van der Waals surface area contributed by atoms with Crippen LogP contribution in [0.3, 0.4) is 0 Å². The van der Waals surface area contributed by atoms with Crippen molar-refractivity contribution in [1.82, 2.24) is 0 Å². The van der Waals surface area contributed by atoms with Gasteiger partial charge < -0.3 is 14.7 Å². The van der Waals surface area contributed by atoms with Crippen molar-refractivity contribution in [2.45, 2.75) is 18.8 Å². The lowest BCUT2D eigenvalue weighted by Gasteiger charge is -2.04. The summed E-state index contributed by atoms with van der Waals surface area (Å²) >= 11 is 0. The van der Waals surface area contributed by atoms with E-state index in [9.17, 15) is 0 Å². The molecule has 0 aliphatic heterocycles. The molecule has 3 nitrogen and oxygen atoms in total. The molecular weight excluding hydrogens is 167 g/mol. The third-order valence-electron chi connectivity index (χ3n) is 2.17. The number of rotatable bonds is 3. The Kier molecular flexibility index (Phi) is 2.25. The van der Waals surface area contributed by atoms with E-state index in [1.54, 1.807) is 12.1 Å². The van der Waals surface area contributed by atoms with Crippen LogP contribution in [0.15, 0.2) is 24.3 Å². The van der Waals surface area contributed by atoms with Crippen LogP contribution in [0.25, 0.3) is 0 Å². The van der Waals surface area contributed by atoms with Crippen LogP contribution >= 0.6 is 0 Å². The van der Waals surface area contributed by atoms with E-state index in [1.165, 1.54) is 18.4 Å². The van der Waals surface area contributed by atoms with Crippen LogP contribution in [-0.2, 0) is 0 Å². The normalized spacial score (nSPS) is 15.5. The molecule has 1 fully saturated rings. The Labute approximate surface area is 77.1 Å². The summed E-state index contributed by atoms with van der Waals surface area (Å²) < 4.78 is 4.68. The second-order valence-electron chi connectivity index (χ2n) is 3.29. The smallest absolute Gasteiger partial charge is 0.512 e. The van der Waals surface area contributed by atoms with Gasteiger partial charge in [-0.3, -0.25) is 0 Å². The molecule has 1 aromatic rings. The molecule has 4 heteroatoms. The van der Waals surface area contributed by atoms with Gasteiger partial charge in [0.25, 0.3) is 0 Å². The maximum atomic E-state index is 8.53. The maximum Gasteiger partial charge on any atom is 0.707 e. The SMILES string of the molecule is OB(O)Oc1ccc(C2CC2)cc1. The van der Waals surface area contributed by atoms with Gasteiger partial charge in [0.05, 0.1) is 0 Å². The van der Waals surface area contributed by atoms with Crippen LogP contribution in [0, 0.1) is 0 Å². The Balaban J connectivity index is 2.04. The Morgan fingerprint density at radius 2 is 1.77 bits per heavy atom. The van der Waals surface area contributed by atoms with Gasteiger partial charge in [-0.1, -0.05) is 12.1 Å². The quantitative estimate of drug-likeness (QED) is 0.676. The standard InChI is InChI=1S/C9H11BO3/c11-10(12)13-9-5-3-8(4-6-9)7-1-2-7/h3-7,11-12H,1-2H2. The summed E-state index contributed by atoms with van der Waals surface area (Å²) in [5.74, 6) is 1.20. The predicted octanol–water partition coefficient (Wildman–Crippen LogP) is 0.912. The van der Waals surface area contributed by atoms with E-state index in [4.69, 9.17) is 10.0 Å². The molecule has 0 saturated heterocycles. The molecule has 0 atom stereocenters. The van der Waals surface area contributed by atoms with Crippen molar-refractivity contribution in [1.29, 1.82) is 0 Å². The first-order chi connectivity index (χ1) is 6.25. The predicted molar refractivity (Wildman–Crippen MR) is 49.2 cm³/mol. The fourth-order valence-corrected chi connectivity index (χ4v) is 1.36. The first-order valence-corrected chi connectivity index (χ1v) is 4.38. The Hall–Kier alpha value is -0.995. The van der Waals surface area contributed by atoms with Crippen molar-refractivity contribution in [3.05, 3.63) is 29.8 Å². The molecule has 1 aliphatic carbocycles. The molecule has 0 bridgehead atoms. The minimum atomic E-state index is -1.73. The molecule has 0 spiro atoms. The van der Waals surface area contributed by atoms with E-state index in [-0.39, 0.29) is 0 Å². The van der Waals surface area contributed by atoms with Crippen molar-refractivity contribution in [3.8, 4) is 5.75 Å². The van der Waals surface area contributed by atoms with Gasteiger partial charge in [0.1, 0.15) is 5.75 Å². The molecule has 1 aromatic carbocycles. The van der Waals surface area contributed by atoms with Gasteiger partial charge in [-0.2, -0.15) is 0 Å². The van der Waals surface area contributed by atoms with Crippen LogP contribution in [0.1, 0.15) is 24.3 Å². The molecule has 2 rings (SSSR count). The third kappa shape index (κ3) is 2.23. The highest BCUT2D eigenvalue weighted by atomic mass is 16.6. The minimum absolute atomic E-state index is 0.486. The number of hydrogen-bond acceptors (Lipinski definition) is 3. The topological polar surface area (TPSA) is 49.7 Å². The second-order valence-corrected chi connectivity index (χ2v) is 3.29. The minimum Gasteiger partial charge on any atom is -0.512 e. The maximum absolute atomic E-state index is 8.53. The Bertz CT molecular complexity index is 279. The summed E-state index contributed by atoms with van der Waals surface area (Å²) in [5.41, 5.74) is 1.31. The summed E-state index contributed by atoms with van der Waals surface area (Å²) in [5, 5.41) is 17.1. The molecule has 0 radical (unpaired) electrons. The average molecular weight is 178 g/mol. The van der Waals surface area contributed by atoms with E-state index >= 15 is 0 Å². The molecule has 1 aliphatic rings. The summed E-state index contributed by atoms with van der Waals surface area (Å²) in [6.07, 6.45) is 2.53. The van der Waals surface area contributed by atoms with Gasteiger partial charge in [0.15, 0.2) is 0 Å². The van der Waals surface area contributed by atoms with Crippen LogP contribution in [-0.4, -0.2) is 17.4 Å². The highest BCUT2D eigenvalue weighted by Crippen LogP contribution is 2.40. The van der Waals surface area contributed by atoms with Gasteiger partial charge in [-0.25, -0.2) is 0 Å². The fraction of sp³-hybridized carbons (Fsp3) is 0.333. The summed E-state index contributed by atoms with van der Waals surface area (Å²) in [6.45, 7) is 0. The molecule has 0 amide bonds. The van der Waals surface area contributed by atoms with Crippen molar-refractivity contribution >= 4 is 7.32 Å². The molecule has 68 valence electrons. The van der Waals surface area contributed by atoms with Gasteiger partial charge in [-0.15, -0.1) is 0 Å². The van der Waals surface area contributed by atoms with Gasteiger partial charge in [0, 0.05) is 0 Å². The lowest BCUT2D eigenvalue weighted by molar-refractivity contribution is 0.288. The zero-order chi connectivity index (χ0) is 9.26. The lowest BCUT2D eigenvalue weighted by Crippen LogP contribution is -2.20. The lowest BCUT2D eigenvalue weighted by atomic mass is 10.1. The first-order valence-electron chi connectivity index (χ1n) is 4.38. The zero-order valence-corrected chi connectivity index (χ0v) is 7.18. The van der Waals surface area contributed by atoms with Crippen molar-refractivity contribution < 1.29 is 14.7 Å². The van der Waals surface area contributed by atoms with Crippen LogP contribution in [0.5, 0.6) is 5.75 Å². The monoisotopic (exact) mass is 178 g/mol. The number of benzene rings is 1. The van der Waals surface area contributed by atoms with Crippen molar-refractivity contribution in [3.63, 3.8) is 0 Å². The first kappa shape index (κ1) is 8.60. The van der Waals surface area contributed by atoms with E-state index in [1.807, 2.05) is 12.1 Å². The van der Waals surface area contributed by atoms with E-state index < -0.39 is 7.32 Å². The Morgan fingerprint density at radius 1 is 1.15 bits per heavy atom. The fourth-order valence-electron chi connectivity index (χ4n) is 1.36. The van der Waals surface area contributed by atoms with E-state index in [0.29, 0.717) is 11.7 Å². The van der Waals surface area contributed by atoms with Crippen LogP contribution in [0.2, 0.25) is 0 Å². The summed E-state index contributed by atoms with van der Waals surface area (Å²) in [7, 11) is -1.73. The largest absolute Gasteiger partial charge is 0.707 e. The molecular formula is C9H11BO3. The number of hydrogen-bond donors (Lipinski definition) is 2. The molecule has 0 unspecified atom stereocenters. The summed E-state index contributed by atoms with van der Waals surface area (Å²) in [4.78, 5) is 0. The van der Waals surface area contributed by atoms with Gasteiger partial charge in [-0.05, 0) is 36.5 Å². The highest BCUT2D eigenvalue weighted by molar-refractivity contribution is 6.33.